The van der Waals surface area contributed by atoms with Crippen LogP contribution in [0.25, 0.3) is 10.9 Å². The number of urea groups is 1. The normalized spacial score (nSPS) is 14.1. The molecular formula is C25H30N4O5. The highest BCUT2D eigenvalue weighted by atomic mass is 16.5. The van der Waals surface area contributed by atoms with E-state index in [0.29, 0.717) is 35.3 Å². The van der Waals surface area contributed by atoms with Gasteiger partial charge < -0.3 is 30.0 Å². The number of nitrogens with one attached hydrogen (secondary N) is 1. The van der Waals surface area contributed by atoms with E-state index in [1.165, 1.54) is 0 Å². The van der Waals surface area contributed by atoms with Crippen LogP contribution in [0, 0.1) is 13.8 Å². The van der Waals surface area contributed by atoms with E-state index in [1.807, 2.05) is 44.2 Å². The fourth-order valence-electron chi connectivity index (χ4n) is 3.88. The van der Waals surface area contributed by atoms with Crippen molar-refractivity contribution in [2.45, 2.75) is 13.8 Å². The number of amides is 2. The highest BCUT2D eigenvalue weighted by molar-refractivity contribution is 5.90. The van der Waals surface area contributed by atoms with Crippen LogP contribution in [0.5, 0.6) is 23.0 Å². The maximum Gasteiger partial charge on any atom is 0.316 e. The quantitative estimate of drug-likeness (QED) is 0.519. The summed E-state index contributed by atoms with van der Waals surface area (Å²) >= 11 is 0. The van der Waals surface area contributed by atoms with Crippen LogP contribution in [0.1, 0.15) is 11.1 Å². The molecule has 0 unspecified atom stereocenters. The van der Waals surface area contributed by atoms with Gasteiger partial charge in [-0.25, -0.2) is 4.79 Å². The van der Waals surface area contributed by atoms with Gasteiger partial charge in [-0.1, -0.05) is 0 Å². The Morgan fingerprint density at radius 3 is 2.62 bits per heavy atom. The fourth-order valence-corrected chi connectivity index (χ4v) is 3.88. The first-order valence-electron chi connectivity index (χ1n) is 11.2. The molecule has 180 valence electrons. The zero-order valence-electron chi connectivity index (χ0n) is 19.7. The van der Waals surface area contributed by atoms with Crippen LogP contribution in [-0.2, 0) is 4.74 Å². The van der Waals surface area contributed by atoms with Gasteiger partial charge in [-0.3, -0.25) is 9.88 Å². The van der Waals surface area contributed by atoms with Crippen LogP contribution in [-0.4, -0.2) is 62.5 Å². The Kier molecular flexibility index (Phi) is 7.34. The molecule has 4 rings (SSSR count). The van der Waals surface area contributed by atoms with Crippen LogP contribution in [0.15, 0.2) is 36.5 Å². The molecule has 3 aromatic rings. The second-order valence-corrected chi connectivity index (χ2v) is 8.16. The zero-order chi connectivity index (χ0) is 24.1. The fraction of sp³-hybridized carbons (Fsp3) is 0.360. The Hall–Kier alpha value is -3.56. The molecule has 2 heterocycles. The van der Waals surface area contributed by atoms with Crippen molar-refractivity contribution < 1.29 is 23.7 Å². The summed E-state index contributed by atoms with van der Waals surface area (Å²) in [5.74, 6) is 2.56. The van der Waals surface area contributed by atoms with E-state index in [9.17, 15) is 4.79 Å². The van der Waals surface area contributed by atoms with Gasteiger partial charge in [-0.2, -0.15) is 0 Å². The Labute approximate surface area is 198 Å². The number of fused-ring (bicyclic) bond motifs is 1. The standard InChI is InChI=1S/C25H30N4O5/c1-16-13-22(17(2)12-19(16)28-25(26)30)34-21-4-5-27-20-15-24(23(31-3)14-18(20)21)33-11-8-29-6-9-32-10-7-29/h4-5,12-15H,6-11H2,1-3H3,(H3,26,28,30). The molecule has 0 spiro atoms. The first kappa shape index (κ1) is 23.6. The molecule has 0 bridgehead atoms. The summed E-state index contributed by atoms with van der Waals surface area (Å²) in [6, 6.07) is 8.66. The second-order valence-electron chi connectivity index (χ2n) is 8.16. The van der Waals surface area contributed by atoms with Crippen molar-refractivity contribution in [3.8, 4) is 23.0 Å². The highest BCUT2D eigenvalue weighted by Crippen LogP contribution is 2.38. The van der Waals surface area contributed by atoms with Crippen LogP contribution in [0.2, 0.25) is 0 Å². The monoisotopic (exact) mass is 466 g/mol. The van der Waals surface area contributed by atoms with E-state index in [4.69, 9.17) is 24.7 Å². The van der Waals surface area contributed by atoms with Crippen molar-refractivity contribution in [2.75, 3.05) is 51.9 Å². The first-order chi connectivity index (χ1) is 16.4. The summed E-state index contributed by atoms with van der Waals surface area (Å²) in [6.45, 7) is 8.50. The molecule has 0 atom stereocenters. The average Bonchev–Trinajstić information content (AvgIpc) is 2.82. The van der Waals surface area contributed by atoms with Crippen molar-refractivity contribution in [1.29, 1.82) is 0 Å². The molecule has 0 aliphatic carbocycles. The van der Waals surface area contributed by atoms with Crippen LogP contribution in [0.4, 0.5) is 10.5 Å². The Balaban J connectivity index is 1.56. The van der Waals surface area contributed by atoms with Gasteiger partial charge in [0.05, 0.1) is 25.8 Å². The molecule has 9 nitrogen and oxygen atoms in total. The minimum absolute atomic E-state index is 0.544. The molecule has 2 amide bonds. The minimum atomic E-state index is -0.605. The topological polar surface area (TPSA) is 108 Å². The third-order valence-corrected chi connectivity index (χ3v) is 5.76. The summed E-state index contributed by atoms with van der Waals surface area (Å²) in [7, 11) is 1.62. The number of nitrogens with two attached hydrogens (primary N) is 1. The largest absolute Gasteiger partial charge is 0.493 e. The van der Waals surface area contributed by atoms with Gasteiger partial charge in [-0.05, 0) is 49.2 Å². The summed E-state index contributed by atoms with van der Waals surface area (Å²) in [4.78, 5) is 18.0. The lowest BCUT2D eigenvalue weighted by atomic mass is 10.1. The number of aryl methyl sites for hydroxylation is 2. The van der Waals surface area contributed by atoms with Crippen molar-refractivity contribution in [3.05, 3.63) is 47.7 Å². The van der Waals surface area contributed by atoms with E-state index >= 15 is 0 Å². The molecule has 2 aromatic carbocycles. The highest BCUT2D eigenvalue weighted by Gasteiger charge is 2.15. The van der Waals surface area contributed by atoms with E-state index < -0.39 is 6.03 Å². The number of nitrogens with zero attached hydrogens (tertiary/aromatic N) is 2. The number of aromatic nitrogens is 1. The van der Waals surface area contributed by atoms with Crippen molar-refractivity contribution in [3.63, 3.8) is 0 Å². The molecule has 0 saturated carbocycles. The molecule has 1 fully saturated rings. The SMILES string of the molecule is COc1cc2c(Oc3cc(C)c(NC(N)=O)cc3C)ccnc2cc1OCCN1CCOCC1. The number of hydrogen-bond acceptors (Lipinski definition) is 7. The molecule has 34 heavy (non-hydrogen) atoms. The number of rotatable bonds is 8. The van der Waals surface area contributed by atoms with Crippen molar-refractivity contribution in [2.24, 2.45) is 5.73 Å². The first-order valence-corrected chi connectivity index (χ1v) is 11.2. The predicted octanol–water partition coefficient (Wildman–Crippen LogP) is 3.85. The number of hydrogen-bond donors (Lipinski definition) is 2. The van der Waals surface area contributed by atoms with Crippen molar-refractivity contribution >= 4 is 22.6 Å². The van der Waals surface area contributed by atoms with E-state index in [0.717, 1.165) is 54.9 Å². The second kappa shape index (κ2) is 10.6. The van der Waals surface area contributed by atoms with Crippen LogP contribution < -0.4 is 25.3 Å². The molecule has 9 heteroatoms. The summed E-state index contributed by atoms with van der Waals surface area (Å²) in [5.41, 5.74) is 8.34. The van der Waals surface area contributed by atoms with Gasteiger partial charge in [0.15, 0.2) is 11.5 Å². The van der Waals surface area contributed by atoms with E-state index in [2.05, 4.69) is 15.2 Å². The third kappa shape index (κ3) is 5.49. The van der Waals surface area contributed by atoms with Crippen LogP contribution in [0.3, 0.4) is 0 Å². The number of primary amides is 1. The molecule has 0 radical (unpaired) electrons. The number of benzene rings is 2. The summed E-state index contributed by atoms with van der Waals surface area (Å²) in [5, 5.41) is 3.43. The molecule has 1 saturated heterocycles. The van der Waals surface area contributed by atoms with Gasteiger partial charge in [-0.15, -0.1) is 0 Å². The van der Waals surface area contributed by atoms with Gasteiger partial charge in [0, 0.05) is 43.0 Å². The van der Waals surface area contributed by atoms with Crippen LogP contribution >= 0.6 is 0 Å². The third-order valence-electron chi connectivity index (χ3n) is 5.76. The van der Waals surface area contributed by atoms with E-state index in [1.54, 1.807) is 13.3 Å². The minimum Gasteiger partial charge on any atom is -0.493 e. The van der Waals surface area contributed by atoms with Gasteiger partial charge in [0.25, 0.3) is 0 Å². The van der Waals surface area contributed by atoms with Crippen molar-refractivity contribution in [1.82, 2.24) is 9.88 Å². The Morgan fingerprint density at radius 1 is 1.09 bits per heavy atom. The number of methoxy groups -OCH3 is 1. The number of morpholine rings is 1. The number of carbonyl (C=O) groups excluding carboxylic acids is 1. The molecule has 1 aliphatic heterocycles. The van der Waals surface area contributed by atoms with E-state index in [-0.39, 0.29) is 0 Å². The van der Waals surface area contributed by atoms with Gasteiger partial charge in [0.2, 0.25) is 0 Å². The Morgan fingerprint density at radius 2 is 1.88 bits per heavy atom. The molecule has 1 aromatic heterocycles. The maximum absolute atomic E-state index is 11.2. The van der Waals surface area contributed by atoms with Gasteiger partial charge in [0.1, 0.15) is 18.1 Å². The number of pyridine rings is 1. The lowest BCUT2D eigenvalue weighted by Gasteiger charge is -2.26. The molecule has 3 N–H and O–H groups in total. The number of carbonyl (C=O) groups is 1. The maximum atomic E-state index is 11.2. The molecular weight excluding hydrogens is 436 g/mol. The average molecular weight is 467 g/mol. The summed E-state index contributed by atoms with van der Waals surface area (Å²) < 4.78 is 23.3. The number of anilines is 1. The number of ether oxygens (including phenoxy) is 4. The zero-order valence-corrected chi connectivity index (χ0v) is 19.7. The molecule has 1 aliphatic rings. The smallest absolute Gasteiger partial charge is 0.316 e. The Bertz CT molecular complexity index is 1180. The lowest BCUT2D eigenvalue weighted by molar-refractivity contribution is 0.0321. The predicted molar refractivity (Wildman–Crippen MR) is 130 cm³/mol. The van der Waals surface area contributed by atoms with Gasteiger partial charge >= 0.3 is 6.03 Å². The summed E-state index contributed by atoms with van der Waals surface area (Å²) in [6.07, 6.45) is 1.70. The lowest BCUT2D eigenvalue weighted by Crippen LogP contribution is -2.38.